The summed E-state index contributed by atoms with van der Waals surface area (Å²) >= 11 is 0. The molecule has 1 saturated carbocycles. The molecule has 0 saturated heterocycles. The smallest absolute Gasteiger partial charge is 0.154 e. The molecule has 1 fully saturated rings. The second-order valence-corrected chi connectivity index (χ2v) is 5.99. The maximum Gasteiger partial charge on any atom is 0.154 e. The third-order valence-electron chi connectivity index (χ3n) is 4.27. The van der Waals surface area contributed by atoms with E-state index in [-0.39, 0.29) is 0 Å². The Hall–Kier alpha value is -1.90. The molecule has 3 nitrogen and oxygen atoms in total. The van der Waals surface area contributed by atoms with E-state index in [4.69, 9.17) is 5.10 Å². The summed E-state index contributed by atoms with van der Waals surface area (Å²) in [7, 11) is 0. The first-order valence-electron chi connectivity index (χ1n) is 7.92. The lowest BCUT2D eigenvalue weighted by atomic mass is 9.94. The van der Waals surface area contributed by atoms with E-state index in [2.05, 4.69) is 40.5 Å². The molecular weight excluding hydrogens is 258 g/mol. The maximum atomic E-state index is 4.70. The molecule has 2 aromatic rings. The predicted molar refractivity (Wildman–Crippen MR) is 85.1 cm³/mol. The molecule has 0 radical (unpaired) electrons. The highest BCUT2D eigenvalue weighted by atomic mass is 15.3. The summed E-state index contributed by atoms with van der Waals surface area (Å²) in [5.41, 5.74) is 2.68. The zero-order valence-electron chi connectivity index (χ0n) is 12.5. The minimum absolute atomic E-state index is 0.509. The van der Waals surface area contributed by atoms with E-state index in [0.717, 1.165) is 12.2 Å². The van der Waals surface area contributed by atoms with E-state index in [1.165, 1.54) is 49.7 Å². The third kappa shape index (κ3) is 3.81. The lowest BCUT2D eigenvalue weighted by molar-refractivity contribution is 0.365. The highest BCUT2D eigenvalue weighted by Crippen LogP contribution is 2.27. The molecule has 0 unspecified atom stereocenters. The van der Waals surface area contributed by atoms with Crippen molar-refractivity contribution in [2.45, 2.75) is 51.0 Å². The lowest BCUT2D eigenvalue weighted by Gasteiger charge is -2.20. The highest BCUT2D eigenvalue weighted by molar-refractivity contribution is 5.18. The Balaban J connectivity index is 1.65. The molecule has 3 heteroatoms. The van der Waals surface area contributed by atoms with Crippen LogP contribution < -0.4 is 0 Å². The van der Waals surface area contributed by atoms with Crippen LogP contribution in [0.3, 0.4) is 0 Å². The molecule has 1 aliphatic rings. The number of hydrogen-bond donors (Lipinski definition) is 0. The van der Waals surface area contributed by atoms with Crippen LogP contribution >= 0.6 is 0 Å². The van der Waals surface area contributed by atoms with Gasteiger partial charge in [0.15, 0.2) is 5.82 Å². The van der Waals surface area contributed by atoms with Gasteiger partial charge in [0.2, 0.25) is 0 Å². The van der Waals surface area contributed by atoms with Gasteiger partial charge in [0.25, 0.3) is 0 Å². The van der Waals surface area contributed by atoms with Crippen molar-refractivity contribution < 1.29 is 0 Å². The summed E-state index contributed by atoms with van der Waals surface area (Å²) in [4.78, 5) is 4.49. The Bertz CT molecular complexity index is 574. The first kappa shape index (κ1) is 14.1. The van der Waals surface area contributed by atoms with Crippen LogP contribution in [0.2, 0.25) is 0 Å². The first-order valence-corrected chi connectivity index (χ1v) is 7.92. The van der Waals surface area contributed by atoms with Gasteiger partial charge in [-0.1, -0.05) is 42.5 Å². The molecule has 3 rings (SSSR count). The van der Waals surface area contributed by atoms with Crippen LogP contribution in [0.4, 0.5) is 0 Å². The average molecular weight is 281 g/mol. The second kappa shape index (κ2) is 6.70. The van der Waals surface area contributed by atoms with Gasteiger partial charge in [0, 0.05) is 6.42 Å². The standard InChI is InChI=1S/C18H23N3/c1-15-7-5-11-17(12-6-8-15)21-14-19-18(20-21)13-16-9-3-2-4-10-16/h2-4,9-10,14,17H,1,5-8,11-13H2. The summed E-state index contributed by atoms with van der Waals surface area (Å²) in [5, 5.41) is 4.70. The molecule has 1 aromatic heterocycles. The van der Waals surface area contributed by atoms with E-state index in [1.807, 2.05) is 12.4 Å². The molecule has 0 bridgehead atoms. The molecule has 0 atom stereocenters. The lowest BCUT2D eigenvalue weighted by Crippen LogP contribution is -2.12. The van der Waals surface area contributed by atoms with Crippen LogP contribution in [-0.4, -0.2) is 14.8 Å². The molecule has 1 heterocycles. The van der Waals surface area contributed by atoms with E-state index in [1.54, 1.807) is 0 Å². The van der Waals surface area contributed by atoms with Gasteiger partial charge in [0.1, 0.15) is 6.33 Å². The van der Waals surface area contributed by atoms with Crippen molar-refractivity contribution in [3.05, 3.63) is 60.2 Å². The van der Waals surface area contributed by atoms with Gasteiger partial charge in [0.05, 0.1) is 6.04 Å². The van der Waals surface area contributed by atoms with Crippen molar-refractivity contribution in [2.24, 2.45) is 0 Å². The number of rotatable bonds is 3. The van der Waals surface area contributed by atoms with Gasteiger partial charge < -0.3 is 0 Å². The van der Waals surface area contributed by atoms with Crippen LogP contribution in [0.1, 0.15) is 56.0 Å². The quantitative estimate of drug-likeness (QED) is 0.784. The summed E-state index contributed by atoms with van der Waals surface area (Å²) in [6.07, 6.45) is 9.88. The van der Waals surface area contributed by atoms with Gasteiger partial charge in [-0.15, -0.1) is 0 Å². The van der Waals surface area contributed by atoms with E-state index < -0.39 is 0 Å². The molecule has 1 aliphatic carbocycles. The van der Waals surface area contributed by atoms with E-state index in [0.29, 0.717) is 6.04 Å². The van der Waals surface area contributed by atoms with Crippen molar-refractivity contribution >= 4 is 0 Å². The minimum atomic E-state index is 0.509. The summed E-state index contributed by atoms with van der Waals surface area (Å²) < 4.78 is 2.09. The largest absolute Gasteiger partial charge is 0.250 e. The van der Waals surface area contributed by atoms with Gasteiger partial charge in [-0.05, 0) is 44.1 Å². The van der Waals surface area contributed by atoms with E-state index in [9.17, 15) is 0 Å². The summed E-state index contributed by atoms with van der Waals surface area (Å²) in [5.74, 6) is 0.924. The van der Waals surface area contributed by atoms with Gasteiger partial charge in [-0.2, -0.15) is 5.10 Å². The summed E-state index contributed by atoms with van der Waals surface area (Å²) in [6, 6.07) is 10.9. The number of nitrogens with zero attached hydrogens (tertiary/aromatic N) is 3. The zero-order chi connectivity index (χ0) is 14.5. The molecule has 21 heavy (non-hydrogen) atoms. The summed E-state index contributed by atoms with van der Waals surface area (Å²) in [6.45, 7) is 4.13. The minimum Gasteiger partial charge on any atom is -0.250 e. The van der Waals surface area contributed by atoms with E-state index >= 15 is 0 Å². The normalized spacial score (nSPS) is 17.4. The SMILES string of the molecule is C=C1CCCC(n2cnc(Cc3ccccc3)n2)CCC1. The Morgan fingerprint density at radius 3 is 2.52 bits per heavy atom. The van der Waals surface area contributed by atoms with Gasteiger partial charge in [-0.3, -0.25) is 0 Å². The molecular formula is C18H23N3. The van der Waals surface area contributed by atoms with Crippen molar-refractivity contribution in [3.63, 3.8) is 0 Å². The number of aromatic nitrogens is 3. The molecule has 0 spiro atoms. The molecule has 0 aliphatic heterocycles. The predicted octanol–water partition coefficient (Wildman–Crippen LogP) is 4.32. The fourth-order valence-electron chi connectivity index (χ4n) is 3.06. The second-order valence-electron chi connectivity index (χ2n) is 5.99. The van der Waals surface area contributed by atoms with Crippen LogP contribution in [0.15, 0.2) is 48.8 Å². The molecule has 110 valence electrons. The fourth-order valence-corrected chi connectivity index (χ4v) is 3.06. The Morgan fingerprint density at radius 1 is 1.10 bits per heavy atom. The van der Waals surface area contributed by atoms with Crippen molar-refractivity contribution in [2.75, 3.05) is 0 Å². The van der Waals surface area contributed by atoms with Crippen molar-refractivity contribution in [3.8, 4) is 0 Å². The molecule has 0 N–H and O–H groups in total. The molecule has 1 aromatic carbocycles. The number of allylic oxidation sites excluding steroid dienone is 1. The Labute approximate surface area is 126 Å². The average Bonchev–Trinajstić information content (AvgIpc) is 2.92. The van der Waals surface area contributed by atoms with Crippen molar-refractivity contribution in [1.82, 2.24) is 14.8 Å². The highest BCUT2D eigenvalue weighted by Gasteiger charge is 2.15. The third-order valence-corrected chi connectivity index (χ3v) is 4.27. The van der Waals surface area contributed by atoms with Crippen LogP contribution in [-0.2, 0) is 6.42 Å². The maximum absolute atomic E-state index is 4.70. The van der Waals surface area contributed by atoms with Crippen LogP contribution in [0, 0.1) is 0 Å². The number of benzene rings is 1. The van der Waals surface area contributed by atoms with Gasteiger partial charge in [-0.25, -0.2) is 9.67 Å². The molecule has 0 amide bonds. The van der Waals surface area contributed by atoms with Crippen LogP contribution in [0.25, 0.3) is 0 Å². The number of hydrogen-bond acceptors (Lipinski definition) is 2. The van der Waals surface area contributed by atoms with Crippen LogP contribution in [0.5, 0.6) is 0 Å². The monoisotopic (exact) mass is 281 g/mol. The zero-order valence-corrected chi connectivity index (χ0v) is 12.5. The topological polar surface area (TPSA) is 30.7 Å². The fraction of sp³-hybridized carbons (Fsp3) is 0.444. The Kier molecular flexibility index (Phi) is 4.49. The Morgan fingerprint density at radius 2 is 1.81 bits per heavy atom. The van der Waals surface area contributed by atoms with Gasteiger partial charge >= 0.3 is 0 Å². The van der Waals surface area contributed by atoms with Crippen molar-refractivity contribution in [1.29, 1.82) is 0 Å². The first-order chi connectivity index (χ1) is 10.3.